The predicted octanol–water partition coefficient (Wildman–Crippen LogP) is 5.07. The number of sulfonamides is 1. The van der Waals surface area contributed by atoms with Crippen LogP contribution in [0, 0.1) is 27.7 Å². The van der Waals surface area contributed by atoms with Crippen molar-refractivity contribution in [2.45, 2.75) is 32.6 Å². The molecule has 214 valence electrons. The Bertz CT molecular complexity index is 1670. The first-order valence-electron chi connectivity index (χ1n) is 12.9. The van der Waals surface area contributed by atoms with Crippen molar-refractivity contribution in [2.24, 2.45) is 5.10 Å². The lowest BCUT2D eigenvalue weighted by atomic mass is 10.2. The number of rotatable bonds is 10. The Kier molecular flexibility index (Phi) is 8.83. The summed E-state index contributed by atoms with van der Waals surface area (Å²) in [4.78, 5) is 13.1. The molecular weight excluding hydrogens is 540 g/mol. The van der Waals surface area contributed by atoms with Gasteiger partial charge < -0.3 is 14.0 Å². The molecule has 1 aromatic heterocycles. The van der Waals surface area contributed by atoms with Gasteiger partial charge in [0.25, 0.3) is 15.9 Å². The van der Waals surface area contributed by atoms with E-state index in [2.05, 4.69) is 39.4 Å². The van der Waals surface area contributed by atoms with Crippen molar-refractivity contribution in [2.75, 3.05) is 25.1 Å². The third-order valence-electron chi connectivity index (χ3n) is 6.71. The molecule has 0 radical (unpaired) electrons. The molecule has 1 amide bonds. The van der Waals surface area contributed by atoms with Gasteiger partial charge in [0.1, 0.15) is 6.54 Å². The molecule has 0 saturated heterocycles. The zero-order valence-electron chi connectivity index (χ0n) is 24.0. The summed E-state index contributed by atoms with van der Waals surface area (Å²) < 4.78 is 41.2. The van der Waals surface area contributed by atoms with Gasteiger partial charge in [0, 0.05) is 28.7 Å². The van der Waals surface area contributed by atoms with Gasteiger partial charge in [-0.1, -0.05) is 35.4 Å². The molecule has 0 bridgehead atoms. The summed E-state index contributed by atoms with van der Waals surface area (Å²) in [6.07, 6.45) is 1.56. The molecule has 9 nitrogen and oxygen atoms in total. The second-order valence-corrected chi connectivity index (χ2v) is 11.5. The van der Waals surface area contributed by atoms with Gasteiger partial charge in [-0.3, -0.25) is 9.10 Å². The minimum absolute atomic E-state index is 0.0535. The topological polar surface area (TPSA) is 102 Å². The SMILES string of the molecule is COc1ccc(N(CC(=O)N/N=C\c2cc(C)n(-c3ccc(C)cc3)c2C)S(=O)(=O)c2ccc(C)cc2)cc1OC. The molecule has 0 saturated carbocycles. The van der Waals surface area contributed by atoms with Crippen LogP contribution in [-0.4, -0.2) is 45.9 Å². The fourth-order valence-corrected chi connectivity index (χ4v) is 5.89. The highest BCUT2D eigenvalue weighted by Crippen LogP contribution is 2.33. The largest absolute Gasteiger partial charge is 0.493 e. The van der Waals surface area contributed by atoms with Crippen LogP contribution in [0.4, 0.5) is 5.69 Å². The maximum absolute atomic E-state index is 13.7. The third-order valence-corrected chi connectivity index (χ3v) is 8.49. The number of hydrogen-bond donors (Lipinski definition) is 1. The molecule has 0 atom stereocenters. The highest BCUT2D eigenvalue weighted by molar-refractivity contribution is 7.92. The monoisotopic (exact) mass is 574 g/mol. The number of ether oxygens (including phenoxy) is 2. The van der Waals surface area contributed by atoms with Crippen LogP contribution in [0.1, 0.15) is 28.1 Å². The Morgan fingerprint density at radius 2 is 1.49 bits per heavy atom. The van der Waals surface area contributed by atoms with Gasteiger partial charge in [-0.05, 0) is 70.2 Å². The fraction of sp³-hybridized carbons (Fsp3) is 0.226. The first kappa shape index (κ1) is 29.4. The maximum Gasteiger partial charge on any atom is 0.264 e. The number of methoxy groups -OCH3 is 2. The van der Waals surface area contributed by atoms with E-state index in [1.165, 1.54) is 38.0 Å². The Labute approximate surface area is 241 Å². The zero-order chi connectivity index (χ0) is 29.7. The molecule has 3 aromatic carbocycles. The third kappa shape index (κ3) is 6.44. The minimum Gasteiger partial charge on any atom is -0.493 e. The first-order chi connectivity index (χ1) is 19.5. The van der Waals surface area contributed by atoms with Crippen LogP contribution < -0.4 is 19.2 Å². The number of nitrogens with zero attached hydrogens (tertiary/aromatic N) is 3. The molecule has 41 heavy (non-hydrogen) atoms. The van der Waals surface area contributed by atoms with Crippen molar-refractivity contribution < 1.29 is 22.7 Å². The number of hydrogen-bond acceptors (Lipinski definition) is 6. The van der Waals surface area contributed by atoms with Crippen LogP contribution in [0.3, 0.4) is 0 Å². The quantitative estimate of drug-likeness (QED) is 0.210. The molecule has 4 aromatic rings. The molecule has 0 aliphatic heterocycles. The van der Waals surface area contributed by atoms with Crippen LogP contribution in [0.5, 0.6) is 11.5 Å². The summed E-state index contributed by atoms with van der Waals surface area (Å²) in [5.41, 5.74) is 8.63. The molecule has 0 aliphatic rings. The Balaban J connectivity index is 1.59. The predicted molar refractivity (Wildman–Crippen MR) is 161 cm³/mol. The smallest absolute Gasteiger partial charge is 0.264 e. The molecule has 0 fully saturated rings. The van der Waals surface area contributed by atoms with E-state index in [-0.39, 0.29) is 10.6 Å². The fourth-order valence-electron chi connectivity index (χ4n) is 4.48. The summed E-state index contributed by atoms with van der Waals surface area (Å²) in [7, 11) is -1.17. The van der Waals surface area contributed by atoms with Crippen molar-refractivity contribution >= 4 is 27.8 Å². The number of anilines is 1. The van der Waals surface area contributed by atoms with E-state index in [1.807, 2.05) is 33.8 Å². The van der Waals surface area contributed by atoms with E-state index in [9.17, 15) is 13.2 Å². The van der Waals surface area contributed by atoms with E-state index in [0.29, 0.717) is 11.5 Å². The lowest BCUT2D eigenvalue weighted by Crippen LogP contribution is -2.39. The van der Waals surface area contributed by atoms with Gasteiger partial charge >= 0.3 is 0 Å². The molecule has 1 heterocycles. The van der Waals surface area contributed by atoms with Gasteiger partial charge in [0.05, 0.1) is 31.0 Å². The number of nitrogens with one attached hydrogen (secondary N) is 1. The van der Waals surface area contributed by atoms with Crippen LogP contribution in [-0.2, 0) is 14.8 Å². The Hall–Kier alpha value is -4.57. The number of benzene rings is 3. The lowest BCUT2D eigenvalue weighted by molar-refractivity contribution is -0.119. The van der Waals surface area contributed by atoms with Gasteiger partial charge in [-0.15, -0.1) is 0 Å². The van der Waals surface area contributed by atoms with Crippen molar-refractivity contribution in [1.82, 2.24) is 9.99 Å². The van der Waals surface area contributed by atoms with Gasteiger partial charge in [0.15, 0.2) is 11.5 Å². The van der Waals surface area contributed by atoms with Crippen molar-refractivity contribution in [3.63, 3.8) is 0 Å². The average Bonchev–Trinajstić information content (AvgIpc) is 3.24. The van der Waals surface area contributed by atoms with Crippen LogP contribution in [0.25, 0.3) is 5.69 Å². The molecular formula is C31H34N4O5S. The molecule has 0 aliphatic carbocycles. The van der Waals surface area contributed by atoms with Crippen LogP contribution in [0.2, 0.25) is 0 Å². The van der Waals surface area contributed by atoms with Crippen molar-refractivity contribution in [3.8, 4) is 17.2 Å². The van der Waals surface area contributed by atoms with Gasteiger partial charge in [-0.2, -0.15) is 5.10 Å². The zero-order valence-corrected chi connectivity index (χ0v) is 24.8. The number of aryl methyl sites for hydroxylation is 3. The summed E-state index contributed by atoms with van der Waals surface area (Å²) in [6, 6.07) is 21.3. The second kappa shape index (κ2) is 12.3. The van der Waals surface area contributed by atoms with E-state index < -0.39 is 22.5 Å². The minimum atomic E-state index is -4.11. The molecule has 0 unspecified atom stereocenters. The molecule has 10 heteroatoms. The summed E-state index contributed by atoms with van der Waals surface area (Å²) in [6.45, 7) is 7.37. The van der Waals surface area contributed by atoms with Crippen molar-refractivity contribution in [3.05, 3.63) is 101 Å². The van der Waals surface area contributed by atoms with E-state index in [4.69, 9.17) is 9.47 Å². The Morgan fingerprint density at radius 3 is 2.10 bits per heavy atom. The lowest BCUT2D eigenvalue weighted by Gasteiger charge is -2.24. The van der Waals surface area contributed by atoms with Gasteiger partial charge in [0.2, 0.25) is 0 Å². The number of amides is 1. The highest BCUT2D eigenvalue weighted by Gasteiger charge is 2.28. The van der Waals surface area contributed by atoms with E-state index in [1.54, 1.807) is 30.5 Å². The number of carbonyl (C=O) groups is 1. The molecule has 1 N–H and O–H groups in total. The number of hydrazone groups is 1. The average molecular weight is 575 g/mol. The Morgan fingerprint density at radius 1 is 0.878 bits per heavy atom. The summed E-state index contributed by atoms with van der Waals surface area (Å²) in [5.74, 6) is 0.150. The van der Waals surface area contributed by atoms with E-state index in [0.717, 1.165) is 32.5 Å². The first-order valence-corrected chi connectivity index (χ1v) is 14.4. The van der Waals surface area contributed by atoms with Crippen LogP contribution >= 0.6 is 0 Å². The normalized spacial score (nSPS) is 11.5. The molecule has 4 rings (SSSR count). The van der Waals surface area contributed by atoms with Crippen LogP contribution in [0.15, 0.2) is 82.8 Å². The summed E-state index contributed by atoms with van der Waals surface area (Å²) >= 11 is 0. The van der Waals surface area contributed by atoms with Gasteiger partial charge in [-0.25, -0.2) is 13.8 Å². The number of aromatic nitrogens is 1. The standard InChI is InChI=1S/C31H34N4O5S/c1-21-7-11-26(12-8-21)35-23(3)17-25(24(35)4)19-32-33-31(36)20-34(27-13-16-29(39-5)30(18-27)40-6)41(37,38)28-14-9-22(2)10-15-28/h7-19H,20H2,1-6H3,(H,33,36)/b32-19-. The number of carbonyl (C=O) groups excluding carboxylic acids is 1. The maximum atomic E-state index is 13.7. The second-order valence-electron chi connectivity index (χ2n) is 9.65. The van der Waals surface area contributed by atoms with Crippen molar-refractivity contribution in [1.29, 1.82) is 0 Å². The molecule has 0 spiro atoms. The highest BCUT2D eigenvalue weighted by atomic mass is 32.2. The van der Waals surface area contributed by atoms with E-state index >= 15 is 0 Å². The summed E-state index contributed by atoms with van der Waals surface area (Å²) in [5, 5.41) is 4.13.